The first-order chi connectivity index (χ1) is 23.9. The summed E-state index contributed by atoms with van der Waals surface area (Å²) in [5.74, 6) is 0.869. The Balaban J connectivity index is 1.22. The number of nitrogens with zero attached hydrogens (tertiary/aromatic N) is 6. The van der Waals surface area contributed by atoms with Gasteiger partial charge in [-0.25, -0.2) is 28.8 Å². The number of piperidine rings is 1. The number of guanidine groups is 1. The quantitative estimate of drug-likeness (QED) is 0.335. The van der Waals surface area contributed by atoms with Gasteiger partial charge < -0.3 is 29.3 Å². The predicted octanol–water partition coefficient (Wildman–Crippen LogP) is 6.92. The molecule has 1 saturated carbocycles. The topological polar surface area (TPSA) is 131 Å². The second-order valence-electron chi connectivity index (χ2n) is 16.8. The number of carbonyl (C=O) groups is 3. The third-order valence-electron chi connectivity index (χ3n) is 9.27. The van der Waals surface area contributed by atoms with Crippen LogP contribution in [0.3, 0.4) is 0 Å². The maximum Gasteiger partial charge on any atom is 0.437 e. The average molecular weight is 704 g/mol. The van der Waals surface area contributed by atoms with E-state index in [0.29, 0.717) is 30.9 Å². The molecule has 0 spiro atoms. The molecule has 4 aliphatic rings. The fourth-order valence-electron chi connectivity index (χ4n) is 7.41. The van der Waals surface area contributed by atoms with Gasteiger partial charge in [-0.2, -0.15) is 0 Å². The summed E-state index contributed by atoms with van der Waals surface area (Å²) in [6, 6.07) is 7.90. The largest absolute Gasteiger partial charge is 0.443 e. The minimum atomic E-state index is -0.739. The lowest BCUT2D eigenvalue weighted by molar-refractivity contribution is -0.0365. The fourth-order valence-corrected chi connectivity index (χ4v) is 7.41. The van der Waals surface area contributed by atoms with Gasteiger partial charge in [-0.15, -0.1) is 4.99 Å². The zero-order valence-corrected chi connectivity index (χ0v) is 31.4. The van der Waals surface area contributed by atoms with Crippen molar-refractivity contribution in [3.05, 3.63) is 54.0 Å². The molecule has 2 saturated heterocycles. The zero-order chi connectivity index (χ0) is 36.9. The van der Waals surface area contributed by atoms with Crippen LogP contribution in [0, 0.1) is 0 Å². The molecule has 13 nitrogen and oxygen atoms in total. The Morgan fingerprint density at radius 1 is 0.922 bits per heavy atom. The Hall–Kier alpha value is -4.39. The van der Waals surface area contributed by atoms with Crippen molar-refractivity contribution in [1.29, 1.82) is 0 Å². The first kappa shape index (κ1) is 36.4. The van der Waals surface area contributed by atoms with Gasteiger partial charge in [-0.3, -0.25) is 0 Å². The lowest BCUT2D eigenvalue weighted by atomic mass is 9.81. The Morgan fingerprint density at radius 3 is 2.31 bits per heavy atom. The van der Waals surface area contributed by atoms with Gasteiger partial charge in [0.25, 0.3) is 0 Å². The van der Waals surface area contributed by atoms with Crippen LogP contribution in [0.25, 0.3) is 11.0 Å². The summed E-state index contributed by atoms with van der Waals surface area (Å²) < 4.78 is 18.6. The molecule has 4 heterocycles. The molecule has 1 aromatic heterocycles. The third kappa shape index (κ3) is 8.08. The molecule has 6 rings (SSSR count). The molecule has 1 aromatic carbocycles. The number of aliphatic imine (C=N–C) groups is 1. The van der Waals surface area contributed by atoms with Crippen LogP contribution in [0.4, 0.5) is 14.4 Å². The van der Waals surface area contributed by atoms with Gasteiger partial charge in [0.05, 0.1) is 23.6 Å². The molecule has 0 bridgehead atoms. The van der Waals surface area contributed by atoms with Crippen LogP contribution >= 0.6 is 0 Å². The van der Waals surface area contributed by atoms with Crippen LogP contribution in [0.2, 0.25) is 0 Å². The van der Waals surface area contributed by atoms with Gasteiger partial charge in [0.1, 0.15) is 28.8 Å². The number of amides is 2. The van der Waals surface area contributed by atoms with E-state index in [2.05, 4.69) is 33.6 Å². The maximum atomic E-state index is 13.5. The van der Waals surface area contributed by atoms with Crippen LogP contribution in [-0.2, 0) is 20.8 Å². The molecule has 2 amide bonds. The summed E-state index contributed by atoms with van der Waals surface area (Å²) in [5.41, 5.74) is 0.724. The molecule has 3 aliphatic heterocycles. The maximum absolute atomic E-state index is 13.5. The van der Waals surface area contributed by atoms with Crippen molar-refractivity contribution in [2.24, 2.45) is 4.99 Å². The number of hydrogen-bond acceptors (Lipinski definition) is 9. The molecule has 2 aromatic rings. The average Bonchev–Trinajstić information content (AvgIpc) is 3.38. The van der Waals surface area contributed by atoms with Crippen molar-refractivity contribution < 1.29 is 28.6 Å². The molecule has 51 heavy (non-hydrogen) atoms. The van der Waals surface area contributed by atoms with Gasteiger partial charge in [-0.05, 0) is 118 Å². The Morgan fingerprint density at radius 2 is 1.61 bits per heavy atom. The highest BCUT2D eigenvalue weighted by Gasteiger charge is 2.53. The highest BCUT2D eigenvalue weighted by Crippen LogP contribution is 2.39. The van der Waals surface area contributed by atoms with Gasteiger partial charge >= 0.3 is 18.3 Å². The van der Waals surface area contributed by atoms with Crippen molar-refractivity contribution in [2.75, 3.05) is 6.54 Å². The van der Waals surface area contributed by atoms with Crippen LogP contribution in [0.5, 0.6) is 0 Å². The van der Waals surface area contributed by atoms with Crippen LogP contribution in [0.1, 0.15) is 100 Å². The Labute approximate surface area is 300 Å². The van der Waals surface area contributed by atoms with E-state index in [-0.39, 0.29) is 30.3 Å². The lowest BCUT2D eigenvalue weighted by Crippen LogP contribution is -2.74. The van der Waals surface area contributed by atoms with E-state index in [1.807, 2.05) is 70.7 Å². The number of ether oxygens (including phenoxy) is 3. The lowest BCUT2D eigenvalue weighted by Gasteiger charge is -2.57. The number of imidazole rings is 1. The van der Waals surface area contributed by atoms with E-state index in [0.717, 1.165) is 31.2 Å². The van der Waals surface area contributed by atoms with Crippen molar-refractivity contribution in [2.45, 2.75) is 142 Å². The van der Waals surface area contributed by atoms with Gasteiger partial charge in [0.2, 0.25) is 5.96 Å². The first-order valence-electron chi connectivity index (χ1n) is 18.1. The highest BCUT2D eigenvalue weighted by molar-refractivity contribution is 6.03. The summed E-state index contributed by atoms with van der Waals surface area (Å²) >= 11 is 0. The van der Waals surface area contributed by atoms with Gasteiger partial charge in [0.15, 0.2) is 0 Å². The van der Waals surface area contributed by atoms with E-state index in [1.54, 1.807) is 25.3 Å². The van der Waals surface area contributed by atoms with Crippen LogP contribution in [-0.4, -0.2) is 96.1 Å². The highest BCUT2D eigenvalue weighted by atomic mass is 16.6. The van der Waals surface area contributed by atoms with Crippen LogP contribution < -0.4 is 5.32 Å². The minimum Gasteiger partial charge on any atom is -0.443 e. The SMILES string of the molecule is CC(C)(C)OC(=O)N=C1N2CCC(N3C=CC=C4CCCC(NCc5nc6ccccc6n5C(=O)OC(C)(C)C)C43)CC2N1C(=O)OC(C)(C)C. The fraction of sp³-hybridized carbons (Fsp3) is 0.605. The number of nitrogens with one attached hydrogen (secondary N) is 1. The minimum absolute atomic E-state index is 0.0876. The van der Waals surface area contributed by atoms with Gasteiger partial charge in [0, 0.05) is 25.0 Å². The van der Waals surface area contributed by atoms with E-state index >= 15 is 0 Å². The number of rotatable bonds is 4. The summed E-state index contributed by atoms with van der Waals surface area (Å²) in [5, 5.41) is 3.79. The normalized spacial score (nSPS) is 24.5. The molecular weight excluding hydrogens is 650 g/mol. The van der Waals surface area contributed by atoms with E-state index in [4.69, 9.17) is 19.2 Å². The van der Waals surface area contributed by atoms with Crippen molar-refractivity contribution in [3.63, 3.8) is 0 Å². The number of para-hydroxylation sites is 2. The van der Waals surface area contributed by atoms with Gasteiger partial charge in [-0.1, -0.05) is 18.2 Å². The Bertz CT molecular complexity index is 1760. The van der Waals surface area contributed by atoms with E-state index in [9.17, 15) is 14.4 Å². The molecule has 1 N–H and O–H groups in total. The van der Waals surface area contributed by atoms with Crippen molar-refractivity contribution in [1.82, 2.24) is 29.6 Å². The smallest absolute Gasteiger partial charge is 0.437 e. The summed E-state index contributed by atoms with van der Waals surface area (Å²) in [6.45, 7) is 17.4. The zero-order valence-electron chi connectivity index (χ0n) is 31.4. The number of hydrogen-bond donors (Lipinski definition) is 1. The van der Waals surface area contributed by atoms with E-state index < -0.39 is 35.1 Å². The van der Waals surface area contributed by atoms with Crippen LogP contribution in [0.15, 0.2) is 53.2 Å². The second-order valence-corrected chi connectivity index (χ2v) is 16.8. The predicted molar refractivity (Wildman–Crippen MR) is 194 cm³/mol. The number of benzene rings is 1. The number of aromatic nitrogens is 2. The second kappa shape index (κ2) is 13.6. The summed E-state index contributed by atoms with van der Waals surface area (Å²) in [7, 11) is 0. The molecular formula is C38H53N7O6. The molecule has 4 atom stereocenters. The number of carbonyl (C=O) groups excluding carboxylic acids is 3. The first-order valence-corrected chi connectivity index (χ1v) is 18.1. The number of allylic oxidation sites excluding steroid dienone is 2. The monoisotopic (exact) mass is 703 g/mol. The number of fused-ring (bicyclic) bond motifs is 3. The van der Waals surface area contributed by atoms with E-state index in [1.165, 1.54) is 10.5 Å². The van der Waals surface area contributed by atoms with Crippen molar-refractivity contribution >= 4 is 35.3 Å². The summed E-state index contributed by atoms with van der Waals surface area (Å²) in [6.07, 6.45) is 8.91. The molecule has 276 valence electrons. The molecule has 0 radical (unpaired) electrons. The van der Waals surface area contributed by atoms with Crippen molar-refractivity contribution in [3.8, 4) is 0 Å². The standard InChI is InChI=1S/C38H53N7O6/c1-36(2,3)49-33(46)41-32-43-21-19-25(22-30(43)45(32)35(48)51-38(7,8)9)42-20-13-15-24-14-12-17-27(31(24)42)39-23-29-40-26-16-10-11-18-28(26)44(29)34(47)50-37(4,5)6/h10-11,13,15-16,18,20,25,27,30-31,39H,12,14,17,19,21-23H2,1-9H3. The molecule has 1 aliphatic carbocycles. The molecule has 4 unspecified atom stereocenters. The Kier molecular flexibility index (Phi) is 9.73. The molecule has 13 heteroatoms. The summed E-state index contributed by atoms with van der Waals surface area (Å²) in [4.78, 5) is 54.7. The molecule has 3 fully saturated rings. The third-order valence-corrected chi connectivity index (χ3v) is 9.27.